The number of hydrogen-bond acceptors (Lipinski definition) is 5. The first-order chi connectivity index (χ1) is 13.5. The van der Waals surface area contributed by atoms with Crippen LogP contribution in [0.5, 0.6) is 5.75 Å². The fourth-order valence-electron chi connectivity index (χ4n) is 2.77. The van der Waals surface area contributed by atoms with E-state index in [1.165, 1.54) is 43.5 Å². The van der Waals surface area contributed by atoms with Crippen molar-refractivity contribution in [1.29, 1.82) is 0 Å². The number of nitrogens with two attached hydrogens (primary N) is 1. The smallest absolute Gasteiger partial charge is 0.449 e. The van der Waals surface area contributed by atoms with Crippen molar-refractivity contribution in [2.45, 2.75) is 17.6 Å². The van der Waals surface area contributed by atoms with Gasteiger partial charge in [-0.3, -0.25) is 4.79 Å². The number of ether oxygens (including phenoxy) is 1. The van der Waals surface area contributed by atoms with Crippen LogP contribution in [-0.4, -0.2) is 31.0 Å². The Morgan fingerprint density at radius 1 is 1.24 bits per heavy atom. The molecule has 0 aliphatic heterocycles. The number of aromatic nitrogens is 2. The molecule has 3 N–H and O–H groups in total. The maximum atomic E-state index is 13.3. The number of hydrogen-bond donors (Lipinski definition) is 2. The number of carbonyl (C=O) groups is 1. The second kappa shape index (κ2) is 7.37. The van der Waals surface area contributed by atoms with Gasteiger partial charge in [0.05, 0.1) is 18.1 Å². The topological polar surface area (TPSA) is 116 Å². The summed E-state index contributed by atoms with van der Waals surface area (Å²) >= 11 is 0. The number of imidazole rings is 1. The largest absolute Gasteiger partial charge is 0.495 e. The van der Waals surface area contributed by atoms with Crippen molar-refractivity contribution in [3.63, 3.8) is 0 Å². The molecule has 0 spiro atoms. The third-order valence-electron chi connectivity index (χ3n) is 3.96. The van der Waals surface area contributed by atoms with E-state index in [-0.39, 0.29) is 27.4 Å². The third kappa shape index (κ3) is 4.32. The standard InChI is InChI=1S/C17H15F3N4O4S/c1-28-13-7-6-10(8-14(13)29(21,26)27)22-15(25)9-24-12-5-3-2-4-11(12)23-16(24)17(18,19)20/h2-8H,9H2,1H3,(H,22,25)(H2,21,26,27). The third-order valence-corrected chi connectivity index (χ3v) is 4.90. The number of primary sulfonamides is 1. The minimum Gasteiger partial charge on any atom is -0.495 e. The molecular formula is C17H15F3N4O4S. The average molecular weight is 428 g/mol. The van der Waals surface area contributed by atoms with Crippen molar-refractivity contribution >= 4 is 32.7 Å². The summed E-state index contributed by atoms with van der Waals surface area (Å²) < 4.78 is 68.9. The number of nitrogens with zero attached hydrogens (tertiary/aromatic N) is 2. The van der Waals surface area contributed by atoms with E-state index < -0.39 is 34.5 Å². The number of alkyl halides is 3. The minimum atomic E-state index is -4.76. The number of para-hydroxylation sites is 2. The summed E-state index contributed by atoms with van der Waals surface area (Å²) in [5.41, 5.74) is 0.251. The molecule has 1 amide bonds. The van der Waals surface area contributed by atoms with Gasteiger partial charge in [0.1, 0.15) is 17.2 Å². The molecule has 0 radical (unpaired) electrons. The van der Waals surface area contributed by atoms with E-state index in [1.807, 2.05) is 0 Å². The highest BCUT2D eigenvalue weighted by atomic mass is 32.2. The number of benzene rings is 2. The Hall–Kier alpha value is -3.12. The number of halogens is 3. The van der Waals surface area contributed by atoms with E-state index >= 15 is 0 Å². The molecule has 1 aromatic heterocycles. The SMILES string of the molecule is COc1ccc(NC(=O)Cn2c(C(F)(F)F)nc3ccccc32)cc1S(N)(=O)=O. The van der Waals surface area contributed by atoms with Crippen LogP contribution in [0.15, 0.2) is 47.4 Å². The van der Waals surface area contributed by atoms with Gasteiger partial charge in [-0.1, -0.05) is 12.1 Å². The Morgan fingerprint density at radius 2 is 1.93 bits per heavy atom. The van der Waals surface area contributed by atoms with Crippen LogP contribution < -0.4 is 15.2 Å². The van der Waals surface area contributed by atoms with Gasteiger partial charge >= 0.3 is 6.18 Å². The number of amides is 1. The summed E-state index contributed by atoms with van der Waals surface area (Å²) in [6, 6.07) is 9.54. The molecule has 0 aliphatic carbocycles. The molecule has 0 saturated carbocycles. The molecule has 0 aliphatic rings. The van der Waals surface area contributed by atoms with Crippen LogP contribution in [0.3, 0.4) is 0 Å². The molecule has 8 nitrogen and oxygen atoms in total. The van der Waals surface area contributed by atoms with E-state index in [0.29, 0.717) is 0 Å². The first-order valence-corrected chi connectivity index (χ1v) is 9.58. The predicted octanol–water partition coefficient (Wildman–Crippen LogP) is 2.35. The number of nitrogens with one attached hydrogen (secondary N) is 1. The first kappa shape index (κ1) is 20.6. The summed E-state index contributed by atoms with van der Waals surface area (Å²) in [6.45, 7) is -0.688. The van der Waals surface area contributed by atoms with Crippen molar-refractivity contribution < 1.29 is 31.1 Å². The fraction of sp³-hybridized carbons (Fsp3) is 0.176. The lowest BCUT2D eigenvalue weighted by Gasteiger charge is -2.13. The summed E-state index contributed by atoms with van der Waals surface area (Å²) in [5, 5.41) is 7.47. The summed E-state index contributed by atoms with van der Waals surface area (Å²) in [7, 11) is -2.91. The zero-order valence-electron chi connectivity index (χ0n) is 14.9. The van der Waals surface area contributed by atoms with Gasteiger partial charge in [-0.2, -0.15) is 13.2 Å². The molecule has 0 bridgehead atoms. The Labute approximate surface area is 163 Å². The number of rotatable bonds is 5. The van der Waals surface area contributed by atoms with Crippen LogP contribution in [0.25, 0.3) is 11.0 Å². The van der Waals surface area contributed by atoms with Gasteiger partial charge in [-0.25, -0.2) is 18.5 Å². The summed E-state index contributed by atoms with van der Waals surface area (Å²) in [6.07, 6.45) is -4.76. The molecule has 2 aromatic carbocycles. The second-order valence-electron chi connectivity index (χ2n) is 5.97. The zero-order chi connectivity index (χ0) is 21.4. The number of carbonyl (C=O) groups excluding carboxylic acids is 1. The van der Waals surface area contributed by atoms with E-state index in [9.17, 15) is 26.4 Å². The van der Waals surface area contributed by atoms with Gasteiger partial charge in [0.15, 0.2) is 0 Å². The van der Waals surface area contributed by atoms with Gasteiger partial charge in [0.2, 0.25) is 21.8 Å². The van der Waals surface area contributed by atoms with Crippen LogP contribution >= 0.6 is 0 Å². The number of fused-ring (bicyclic) bond motifs is 1. The monoisotopic (exact) mass is 428 g/mol. The van der Waals surface area contributed by atoms with Crippen molar-refractivity contribution in [2.75, 3.05) is 12.4 Å². The maximum absolute atomic E-state index is 13.3. The Balaban J connectivity index is 1.93. The Kier molecular flexibility index (Phi) is 5.24. The lowest BCUT2D eigenvalue weighted by Crippen LogP contribution is -2.23. The second-order valence-corrected chi connectivity index (χ2v) is 7.50. The molecule has 3 aromatic rings. The van der Waals surface area contributed by atoms with Crippen LogP contribution in [-0.2, 0) is 27.5 Å². The van der Waals surface area contributed by atoms with Gasteiger partial charge in [0.25, 0.3) is 0 Å². The lowest BCUT2D eigenvalue weighted by molar-refractivity contribution is -0.147. The van der Waals surface area contributed by atoms with Gasteiger partial charge < -0.3 is 14.6 Å². The van der Waals surface area contributed by atoms with Crippen molar-refractivity contribution in [3.8, 4) is 5.75 Å². The quantitative estimate of drug-likeness (QED) is 0.647. The summed E-state index contributed by atoms with van der Waals surface area (Å²) in [5.74, 6) is -2.07. The van der Waals surface area contributed by atoms with Crippen molar-refractivity contribution in [2.24, 2.45) is 5.14 Å². The molecule has 0 unspecified atom stereocenters. The first-order valence-electron chi connectivity index (χ1n) is 8.04. The Morgan fingerprint density at radius 3 is 2.55 bits per heavy atom. The molecule has 3 rings (SSSR count). The number of methoxy groups -OCH3 is 1. The number of sulfonamides is 1. The molecule has 29 heavy (non-hydrogen) atoms. The normalized spacial score (nSPS) is 12.2. The van der Waals surface area contributed by atoms with E-state index in [4.69, 9.17) is 9.88 Å². The molecule has 0 fully saturated rings. The maximum Gasteiger partial charge on any atom is 0.449 e. The fourth-order valence-corrected chi connectivity index (χ4v) is 3.50. The molecule has 12 heteroatoms. The van der Waals surface area contributed by atoms with Crippen LogP contribution in [0.1, 0.15) is 5.82 Å². The summed E-state index contributed by atoms with van der Waals surface area (Å²) in [4.78, 5) is 15.6. The van der Waals surface area contributed by atoms with E-state index in [2.05, 4.69) is 10.3 Å². The minimum absolute atomic E-state index is 0.0257. The molecule has 0 saturated heterocycles. The predicted molar refractivity (Wildman–Crippen MR) is 97.7 cm³/mol. The highest BCUT2D eigenvalue weighted by molar-refractivity contribution is 7.89. The van der Waals surface area contributed by atoms with Gasteiger partial charge in [-0.15, -0.1) is 0 Å². The van der Waals surface area contributed by atoms with Crippen LogP contribution in [0.4, 0.5) is 18.9 Å². The van der Waals surface area contributed by atoms with Crippen molar-refractivity contribution in [1.82, 2.24) is 9.55 Å². The molecule has 154 valence electrons. The van der Waals surface area contributed by atoms with Crippen LogP contribution in [0.2, 0.25) is 0 Å². The van der Waals surface area contributed by atoms with Gasteiger partial charge in [-0.05, 0) is 30.3 Å². The van der Waals surface area contributed by atoms with E-state index in [1.54, 1.807) is 0 Å². The zero-order valence-corrected chi connectivity index (χ0v) is 15.7. The van der Waals surface area contributed by atoms with E-state index in [0.717, 1.165) is 10.6 Å². The molecule has 0 atom stereocenters. The lowest BCUT2D eigenvalue weighted by atomic mass is 10.3. The van der Waals surface area contributed by atoms with Crippen molar-refractivity contribution in [3.05, 3.63) is 48.3 Å². The molecule has 1 heterocycles. The Bertz CT molecular complexity index is 1190. The number of anilines is 1. The average Bonchev–Trinajstić information content (AvgIpc) is 3.00. The highest BCUT2D eigenvalue weighted by Gasteiger charge is 2.38. The molecular weight excluding hydrogens is 413 g/mol. The van der Waals surface area contributed by atoms with Gasteiger partial charge in [0, 0.05) is 5.69 Å². The van der Waals surface area contributed by atoms with Crippen LogP contribution in [0, 0.1) is 0 Å². The highest BCUT2D eigenvalue weighted by Crippen LogP contribution is 2.31.